The molecule has 3 nitrogen and oxygen atoms in total. The molecule has 0 saturated heterocycles. The van der Waals surface area contributed by atoms with E-state index in [0.717, 1.165) is 5.56 Å². The number of halogens is 3. The summed E-state index contributed by atoms with van der Waals surface area (Å²) >= 11 is 6.02. The minimum atomic E-state index is -2.94. The second kappa shape index (κ2) is 6.54. The Bertz CT molecular complexity index is 662. The summed E-state index contributed by atoms with van der Waals surface area (Å²) in [5.74, 6) is -0.534. The molecule has 0 fully saturated rings. The van der Waals surface area contributed by atoms with Crippen LogP contribution in [0.2, 0.25) is 5.02 Å². The Kier molecular flexibility index (Phi) is 4.75. The van der Waals surface area contributed by atoms with Crippen LogP contribution in [0.25, 0.3) is 0 Å². The predicted octanol–water partition coefficient (Wildman–Crippen LogP) is 4.50. The average Bonchev–Trinajstić information content (AvgIpc) is 2.41. The van der Waals surface area contributed by atoms with Gasteiger partial charge in [0.15, 0.2) is 0 Å². The lowest BCUT2D eigenvalue weighted by Crippen LogP contribution is -2.12. The van der Waals surface area contributed by atoms with Crippen LogP contribution in [-0.4, -0.2) is 12.5 Å². The van der Waals surface area contributed by atoms with Gasteiger partial charge < -0.3 is 10.1 Å². The van der Waals surface area contributed by atoms with E-state index in [-0.39, 0.29) is 11.3 Å². The molecule has 2 aromatic rings. The quantitative estimate of drug-likeness (QED) is 0.902. The van der Waals surface area contributed by atoms with Crippen molar-refractivity contribution in [3.63, 3.8) is 0 Å². The lowest BCUT2D eigenvalue weighted by atomic mass is 10.2. The standard InChI is InChI=1S/C15H12ClF2NO2/c1-9-5-6-13(12(16)7-9)19-14(20)10-3-2-4-11(8-10)21-15(17)18/h2-8,15H,1H3,(H,19,20). The van der Waals surface area contributed by atoms with Crippen molar-refractivity contribution in [1.82, 2.24) is 0 Å². The topological polar surface area (TPSA) is 38.3 Å². The smallest absolute Gasteiger partial charge is 0.387 e. The minimum Gasteiger partial charge on any atom is -0.435 e. The number of amides is 1. The van der Waals surface area contributed by atoms with Crippen molar-refractivity contribution < 1.29 is 18.3 Å². The highest BCUT2D eigenvalue weighted by Crippen LogP contribution is 2.24. The van der Waals surface area contributed by atoms with Crippen molar-refractivity contribution in [3.05, 3.63) is 58.6 Å². The summed E-state index contributed by atoms with van der Waals surface area (Å²) in [7, 11) is 0. The molecule has 0 spiro atoms. The van der Waals surface area contributed by atoms with Gasteiger partial charge in [0, 0.05) is 5.56 Å². The molecule has 6 heteroatoms. The van der Waals surface area contributed by atoms with Crippen molar-refractivity contribution in [2.75, 3.05) is 5.32 Å². The van der Waals surface area contributed by atoms with Gasteiger partial charge in [-0.3, -0.25) is 4.79 Å². The number of aryl methyl sites for hydroxylation is 1. The summed E-state index contributed by atoms with van der Waals surface area (Å²) in [5, 5.41) is 3.03. The Labute approximate surface area is 125 Å². The predicted molar refractivity (Wildman–Crippen MR) is 77.2 cm³/mol. The number of carbonyl (C=O) groups excluding carboxylic acids is 1. The monoisotopic (exact) mass is 311 g/mol. The van der Waals surface area contributed by atoms with E-state index in [4.69, 9.17) is 11.6 Å². The van der Waals surface area contributed by atoms with Crippen molar-refractivity contribution in [2.24, 2.45) is 0 Å². The first-order chi connectivity index (χ1) is 9.95. The van der Waals surface area contributed by atoms with Gasteiger partial charge in [-0.05, 0) is 42.8 Å². The van der Waals surface area contributed by atoms with E-state index < -0.39 is 12.5 Å². The average molecular weight is 312 g/mol. The van der Waals surface area contributed by atoms with Crippen LogP contribution in [0.15, 0.2) is 42.5 Å². The molecule has 2 rings (SSSR count). The van der Waals surface area contributed by atoms with Gasteiger partial charge in [-0.1, -0.05) is 23.7 Å². The fourth-order valence-corrected chi connectivity index (χ4v) is 2.01. The van der Waals surface area contributed by atoms with Gasteiger partial charge in [-0.25, -0.2) is 0 Å². The molecule has 1 N–H and O–H groups in total. The van der Waals surface area contributed by atoms with Crippen LogP contribution < -0.4 is 10.1 Å². The molecule has 0 aromatic heterocycles. The molecule has 2 aromatic carbocycles. The molecule has 0 radical (unpaired) electrons. The maximum atomic E-state index is 12.2. The molecule has 0 saturated carbocycles. The van der Waals surface area contributed by atoms with Crippen LogP contribution >= 0.6 is 11.6 Å². The number of alkyl halides is 2. The van der Waals surface area contributed by atoms with Crippen LogP contribution in [-0.2, 0) is 0 Å². The van der Waals surface area contributed by atoms with Crippen LogP contribution in [0.4, 0.5) is 14.5 Å². The van der Waals surface area contributed by atoms with E-state index in [1.54, 1.807) is 18.2 Å². The van der Waals surface area contributed by atoms with E-state index in [9.17, 15) is 13.6 Å². The summed E-state index contributed by atoms with van der Waals surface area (Å²) in [4.78, 5) is 12.1. The Hall–Kier alpha value is -2.14. The number of carbonyl (C=O) groups is 1. The van der Waals surface area contributed by atoms with Gasteiger partial charge in [0.25, 0.3) is 5.91 Å². The fourth-order valence-electron chi connectivity index (χ4n) is 1.73. The molecule has 21 heavy (non-hydrogen) atoms. The third-order valence-corrected chi connectivity index (χ3v) is 3.01. The number of anilines is 1. The Morgan fingerprint density at radius 3 is 2.67 bits per heavy atom. The normalized spacial score (nSPS) is 10.5. The number of hydrogen-bond donors (Lipinski definition) is 1. The first kappa shape index (κ1) is 15.3. The number of benzene rings is 2. The van der Waals surface area contributed by atoms with Gasteiger partial charge >= 0.3 is 6.61 Å². The highest BCUT2D eigenvalue weighted by molar-refractivity contribution is 6.34. The molecule has 0 aliphatic rings. The zero-order valence-electron chi connectivity index (χ0n) is 11.1. The highest BCUT2D eigenvalue weighted by Gasteiger charge is 2.11. The Morgan fingerprint density at radius 2 is 2.00 bits per heavy atom. The summed E-state index contributed by atoms with van der Waals surface area (Å²) in [6.07, 6.45) is 0. The van der Waals surface area contributed by atoms with Crippen LogP contribution in [0.3, 0.4) is 0 Å². The third-order valence-electron chi connectivity index (χ3n) is 2.69. The van der Waals surface area contributed by atoms with E-state index >= 15 is 0 Å². The van der Waals surface area contributed by atoms with Crippen LogP contribution in [0, 0.1) is 6.92 Å². The number of ether oxygens (including phenoxy) is 1. The number of rotatable bonds is 4. The summed E-state index contributed by atoms with van der Waals surface area (Å²) in [5.41, 5.74) is 1.61. The molecule has 0 unspecified atom stereocenters. The molecule has 1 amide bonds. The zero-order chi connectivity index (χ0) is 15.4. The summed E-state index contributed by atoms with van der Waals surface area (Å²) in [6.45, 7) is -1.06. The summed E-state index contributed by atoms with van der Waals surface area (Å²) in [6, 6.07) is 10.7. The lowest BCUT2D eigenvalue weighted by Gasteiger charge is -2.09. The SMILES string of the molecule is Cc1ccc(NC(=O)c2cccc(OC(F)F)c2)c(Cl)c1. The van der Waals surface area contributed by atoms with Crippen molar-refractivity contribution in [1.29, 1.82) is 0 Å². The minimum absolute atomic E-state index is 0.0762. The molecule has 0 aliphatic heterocycles. The Balaban J connectivity index is 2.16. The van der Waals surface area contributed by atoms with Gasteiger partial charge in [0.2, 0.25) is 0 Å². The Morgan fingerprint density at radius 1 is 1.24 bits per heavy atom. The van der Waals surface area contributed by atoms with Crippen LogP contribution in [0.1, 0.15) is 15.9 Å². The second-order valence-electron chi connectivity index (χ2n) is 4.34. The molecule has 0 bridgehead atoms. The van der Waals surface area contributed by atoms with E-state index in [2.05, 4.69) is 10.1 Å². The molecular formula is C15H12ClF2NO2. The number of nitrogens with one attached hydrogen (secondary N) is 1. The molecule has 0 atom stereocenters. The van der Waals surface area contributed by atoms with Crippen molar-refractivity contribution in [2.45, 2.75) is 13.5 Å². The van der Waals surface area contributed by atoms with E-state index in [1.807, 2.05) is 6.92 Å². The fraction of sp³-hybridized carbons (Fsp3) is 0.133. The highest BCUT2D eigenvalue weighted by atomic mass is 35.5. The van der Waals surface area contributed by atoms with Crippen molar-refractivity contribution >= 4 is 23.2 Å². The van der Waals surface area contributed by atoms with Crippen LogP contribution in [0.5, 0.6) is 5.75 Å². The van der Waals surface area contributed by atoms with Gasteiger partial charge in [-0.2, -0.15) is 8.78 Å². The number of hydrogen-bond acceptors (Lipinski definition) is 2. The van der Waals surface area contributed by atoms with E-state index in [0.29, 0.717) is 10.7 Å². The second-order valence-corrected chi connectivity index (χ2v) is 4.75. The first-order valence-electron chi connectivity index (χ1n) is 6.08. The maximum absolute atomic E-state index is 12.2. The van der Waals surface area contributed by atoms with Gasteiger partial charge in [-0.15, -0.1) is 0 Å². The first-order valence-corrected chi connectivity index (χ1v) is 6.46. The molecule has 0 heterocycles. The van der Waals surface area contributed by atoms with Gasteiger partial charge in [0.1, 0.15) is 5.75 Å². The van der Waals surface area contributed by atoms with E-state index in [1.165, 1.54) is 24.3 Å². The third kappa shape index (κ3) is 4.16. The summed E-state index contributed by atoms with van der Waals surface area (Å²) < 4.78 is 28.6. The molecular weight excluding hydrogens is 300 g/mol. The molecule has 0 aliphatic carbocycles. The van der Waals surface area contributed by atoms with Gasteiger partial charge in [0.05, 0.1) is 10.7 Å². The largest absolute Gasteiger partial charge is 0.435 e. The zero-order valence-corrected chi connectivity index (χ0v) is 11.8. The van der Waals surface area contributed by atoms with Crippen molar-refractivity contribution in [3.8, 4) is 5.75 Å². The maximum Gasteiger partial charge on any atom is 0.387 e. The lowest BCUT2D eigenvalue weighted by molar-refractivity contribution is -0.0498. The molecule has 110 valence electrons.